The molecule has 0 aliphatic rings. The van der Waals surface area contributed by atoms with E-state index >= 15 is 0 Å². The van der Waals surface area contributed by atoms with Gasteiger partial charge in [-0.25, -0.2) is 4.98 Å². The van der Waals surface area contributed by atoms with Gasteiger partial charge in [-0.2, -0.15) is 0 Å². The maximum atomic E-state index is 11.1. The Morgan fingerprint density at radius 1 is 1.62 bits per heavy atom. The number of hydrogen-bond donors (Lipinski definition) is 2. The number of aromatic nitrogens is 2. The molecule has 6 heteroatoms. The first-order valence-electron chi connectivity index (χ1n) is 3.55. The van der Waals surface area contributed by atoms with Gasteiger partial charge in [0.2, 0.25) is 11.7 Å². The second-order valence-electron chi connectivity index (χ2n) is 2.46. The van der Waals surface area contributed by atoms with Crippen molar-refractivity contribution in [2.75, 3.05) is 5.73 Å². The lowest BCUT2D eigenvalue weighted by Gasteiger charge is -2.03. The van der Waals surface area contributed by atoms with Gasteiger partial charge in [-0.05, 0) is 6.92 Å². The Labute approximate surface area is 73.7 Å². The Hall–Kier alpha value is -1.85. The third-order valence-corrected chi connectivity index (χ3v) is 1.31. The van der Waals surface area contributed by atoms with Crippen molar-refractivity contribution in [2.24, 2.45) is 0 Å². The predicted molar refractivity (Wildman–Crippen MR) is 45.3 cm³/mol. The fraction of sp³-hybridized carbons (Fsp3) is 0.286. The van der Waals surface area contributed by atoms with E-state index in [4.69, 9.17) is 5.73 Å². The van der Waals surface area contributed by atoms with Crippen LogP contribution in [0, 0.1) is 6.92 Å². The van der Waals surface area contributed by atoms with Gasteiger partial charge in [-0.1, -0.05) is 0 Å². The number of hydrogen-bond acceptors (Lipinski definition) is 5. The Bertz CT molecular complexity index is 396. The number of nitrogens with one attached hydrogen (secondary N) is 1. The predicted octanol–water partition coefficient (Wildman–Crippen LogP) is -0.414. The molecule has 0 aliphatic heterocycles. The van der Waals surface area contributed by atoms with Gasteiger partial charge in [0.25, 0.3) is 5.56 Å². The number of nitrogens with two attached hydrogens (primary N) is 1. The average molecular weight is 183 g/mol. The van der Waals surface area contributed by atoms with Crippen molar-refractivity contribution in [1.29, 1.82) is 0 Å². The number of ether oxygens (including phenoxy) is 1. The number of aromatic amines is 1. The summed E-state index contributed by atoms with van der Waals surface area (Å²) in [6.45, 7) is 2.74. The molecule has 0 saturated heterocycles. The zero-order chi connectivity index (χ0) is 10.0. The monoisotopic (exact) mass is 183 g/mol. The van der Waals surface area contributed by atoms with Crippen molar-refractivity contribution in [2.45, 2.75) is 13.8 Å². The van der Waals surface area contributed by atoms with Gasteiger partial charge in [0.05, 0.1) is 5.69 Å². The lowest BCUT2D eigenvalue weighted by atomic mass is 10.4. The van der Waals surface area contributed by atoms with E-state index in [1.54, 1.807) is 0 Å². The van der Waals surface area contributed by atoms with E-state index in [0.717, 1.165) is 0 Å². The van der Waals surface area contributed by atoms with Gasteiger partial charge >= 0.3 is 5.97 Å². The summed E-state index contributed by atoms with van der Waals surface area (Å²) in [5, 5.41) is 0. The summed E-state index contributed by atoms with van der Waals surface area (Å²) in [6, 6.07) is 0. The zero-order valence-corrected chi connectivity index (χ0v) is 7.25. The van der Waals surface area contributed by atoms with E-state index in [9.17, 15) is 9.59 Å². The second kappa shape index (κ2) is 3.26. The van der Waals surface area contributed by atoms with Crippen molar-refractivity contribution in [1.82, 2.24) is 9.97 Å². The number of nitrogen functional groups attached to an aromatic ring is 1. The van der Waals surface area contributed by atoms with Crippen LogP contribution < -0.4 is 16.0 Å². The van der Waals surface area contributed by atoms with E-state index in [2.05, 4.69) is 14.7 Å². The highest BCUT2D eigenvalue weighted by Gasteiger charge is 2.09. The number of anilines is 1. The molecular weight excluding hydrogens is 174 g/mol. The average Bonchev–Trinajstić information content (AvgIpc) is 1.96. The maximum absolute atomic E-state index is 11.1. The summed E-state index contributed by atoms with van der Waals surface area (Å²) < 4.78 is 4.63. The number of esters is 1. The third kappa shape index (κ3) is 2.05. The van der Waals surface area contributed by atoms with Crippen LogP contribution in [0.2, 0.25) is 0 Å². The van der Waals surface area contributed by atoms with E-state index in [1.165, 1.54) is 13.8 Å². The standard InChI is InChI=1S/C7H9N3O3/c1-3-5(13-4(2)11)6(12)10-7(8)9-3/h1-2H3,(H3,8,9,10,12). The molecule has 0 radical (unpaired) electrons. The number of nitrogens with zero attached hydrogens (tertiary/aromatic N) is 1. The molecule has 0 fully saturated rings. The van der Waals surface area contributed by atoms with Gasteiger partial charge in [-0.3, -0.25) is 14.6 Å². The molecule has 0 aromatic carbocycles. The first kappa shape index (κ1) is 9.24. The van der Waals surface area contributed by atoms with Crippen LogP contribution in [-0.2, 0) is 4.79 Å². The summed E-state index contributed by atoms with van der Waals surface area (Å²) in [6.07, 6.45) is 0. The highest BCUT2D eigenvalue weighted by molar-refractivity contribution is 5.69. The molecule has 0 unspecified atom stereocenters. The van der Waals surface area contributed by atoms with Crippen molar-refractivity contribution >= 4 is 11.9 Å². The molecular formula is C7H9N3O3. The van der Waals surface area contributed by atoms with E-state index in [1.807, 2.05) is 0 Å². The molecule has 70 valence electrons. The molecule has 1 heterocycles. The molecule has 3 N–H and O–H groups in total. The van der Waals surface area contributed by atoms with Crippen LogP contribution in [0.3, 0.4) is 0 Å². The molecule has 0 spiro atoms. The molecule has 1 aromatic heterocycles. The summed E-state index contributed by atoms with van der Waals surface area (Å²) in [7, 11) is 0. The van der Waals surface area contributed by atoms with Crippen LogP contribution >= 0.6 is 0 Å². The van der Waals surface area contributed by atoms with Crippen molar-refractivity contribution in [3.05, 3.63) is 16.0 Å². The van der Waals surface area contributed by atoms with E-state index in [-0.39, 0.29) is 17.4 Å². The maximum Gasteiger partial charge on any atom is 0.308 e. The van der Waals surface area contributed by atoms with Crippen molar-refractivity contribution in [3.8, 4) is 5.75 Å². The number of carbonyl (C=O) groups is 1. The minimum absolute atomic E-state index is 0.00148. The first-order valence-corrected chi connectivity index (χ1v) is 3.55. The van der Waals surface area contributed by atoms with Crippen molar-refractivity contribution in [3.63, 3.8) is 0 Å². The smallest absolute Gasteiger partial charge is 0.308 e. The minimum atomic E-state index is -0.569. The highest BCUT2D eigenvalue weighted by Crippen LogP contribution is 2.08. The fourth-order valence-corrected chi connectivity index (χ4v) is 0.861. The van der Waals surface area contributed by atoms with E-state index in [0.29, 0.717) is 0 Å². The molecule has 0 aliphatic carbocycles. The quantitative estimate of drug-likeness (QED) is 0.576. The van der Waals surface area contributed by atoms with Crippen molar-refractivity contribution < 1.29 is 9.53 Å². The Balaban J connectivity index is 3.21. The first-order chi connectivity index (χ1) is 6.00. The van der Waals surface area contributed by atoms with Gasteiger partial charge in [0.1, 0.15) is 0 Å². The molecule has 0 amide bonds. The molecule has 13 heavy (non-hydrogen) atoms. The molecule has 0 bridgehead atoms. The Morgan fingerprint density at radius 3 is 2.69 bits per heavy atom. The highest BCUT2D eigenvalue weighted by atomic mass is 16.5. The van der Waals surface area contributed by atoms with Crippen LogP contribution in [0.25, 0.3) is 0 Å². The summed E-state index contributed by atoms with van der Waals surface area (Å²) in [5.41, 5.74) is 4.99. The lowest BCUT2D eigenvalue weighted by molar-refractivity contribution is -0.132. The van der Waals surface area contributed by atoms with Gasteiger partial charge in [0.15, 0.2) is 0 Å². The van der Waals surface area contributed by atoms with Gasteiger partial charge < -0.3 is 10.5 Å². The molecule has 1 aromatic rings. The zero-order valence-electron chi connectivity index (χ0n) is 7.25. The number of H-pyrrole nitrogens is 1. The fourth-order valence-electron chi connectivity index (χ4n) is 0.861. The summed E-state index contributed by atoms with van der Waals surface area (Å²) in [4.78, 5) is 27.7. The van der Waals surface area contributed by atoms with Crippen LogP contribution in [0.1, 0.15) is 12.6 Å². The number of rotatable bonds is 1. The molecule has 1 rings (SSSR count). The Morgan fingerprint density at radius 2 is 2.23 bits per heavy atom. The topological polar surface area (TPSA) is 98.1 Å². The van der Waals surface area contributed by atoms with E-state index < -0.39 is 11.5 Å². The SMILES string of the molecule is CC(=O)Oc1c(C)nc(N)[nH]c1=O. The van der Waals surface area contributed by atoms with Gasteiger partial charge in [0, 0.05) is 6.92 Å². The molecule has 0 saturated carbocycles. The van der Waals surface area contributed by atoms with Gasteiger partial charge in [-0.15, -0.1) is 0 Å². The van der Waals surface area contributed by atoms with Crippen LogP contribution in [0.15, 0.2) is 4.79 Å². The van der Waals surface area contributed by atoms with Crippen LogP contribution in [0.5, 0.6) is 5.75 Å². The summed E-state index contributed by atoms with van der Waals surface area (Å²) in [5.74, 6) is -0.680. The normalized spacial score (nSPS) is 9.69. The van der Waals surface area contributed by atoms with Crippen LogP contribution in [0.4, 0.5) is 5.95 Å². The summed E-state index contributed by atoms with van der Waals surface area (Å²) >= 11 is 0. The lowest BCUT2D eigenvalue weighted by Crippen LogP contribution is -2.18. The Kier molecular flexibility index (Phi) is 2.32. The second-order valence-corrected chi connectivity index (χ2v) is 2.46. The minimum Gasteiger partial charge on any atom is -0.419 e. The molecule has 0 atom stereocenters. The van der Waals surface area contributed by atoms with Crippen LogP contribution in [-0.4, -0.2) is 15.9 Å². The third-order valence-electron chi connectivity index (χ3n) is 1.31. The number of aryl methyl sites for hydroxylation is 1. The largest absolute Gasteiger partial charge is 0.419 e. The molecule has 6 nitrogen and oxygen atoms in total. The number of carbonyl (C=O) groups excluding carboxylic acids is 1.